The average Bonchev–Trinajstić information content (AvgIpc) is 2.98. The van der Waals surface area contributed by atoms with E-state index in [1.165, 1.54) is 18.2 Å². The molecule has 1 N–H and O–H groups in total. The predicted octanol–water partition coefficient (Wildman–Crippen LogP) is 4.52. The first-order valence-electron chi connectivity index (χ1n) is 10.1. The number of carbonyl (C=O) groups is 3. The number of nitrogens with zero attached hydrogens (tertiary/aromatic N) is 2. The van der Waals surface area contributed by atoms with Crippen molar-refractivity contribution in [3.8, 4) is 5.69 Å². The Bertz CT molecular complexity index is 1280. The number of benzene rings is 2. The molecule has 1 aromatic heterocycles. The number of hydrogen-bond donors (Lipinski definition) is 1. The fourth-order valence-corrected chi connectivity index (χ4v) is 4.05. The first-order chi connectivity index (χ1) is 15.2. The van der Waals surface area contributed by atoms with Crippen LogP contribution in [0, 0.1) is 33.5 Å². The molecular formula is C25H22FN3O3. The van der Waals surface area contributed by atoms with Gasteiger partial charge >= 0.3 is 6.03 Å². The molecule has 4 rings (SSSR count). The molecule has 2 aromatic carbocycles. The molecule has 0 unspecified atom stereocenters. The second-order valence-corrected chi connectivity index (χ2v) is 7.94. The Morgan fingerprint density at radius 2 is 1.47 bits per heavy atom. The van der Waals surface area contributed by atoms with Gasteiger partial charge in [0, 0.05) is 17.1 Å². The minimum atomic E-state index is -0.871. The highest BCUT2D eigenvalue weighted by Crippen LogP contribution is 2.27. The average molecular weight is 431 g/mol. The topological polar surface area (TPSA) is 71.4 Å². The van der Waals surface area contributed by atoms with Crippen LogP contribution in [0.25, 0.3) is 11.8 Å². The molecule has 1 aliphatic rings. The number of aromatic nitrogens is 1. The lowest BCUT2D eigenvalue weighted by Gasteiger charge is -2.26. The van der Waals surface area contributed by atoms with E-state index in [2.05, 4.69) is 28.1 Å². The van der Waals surface area contributed by atoms with Crippen molar-refractivity contribution in [1.82, 2.24) is 9.88 Å². The third-order valence-electron chi connectivity index (χ3n) is 5.42. The zero-order valence-corrected chi connectivity index (χ0v) is 18.2. The maximum Gasteiger partial charge on any atom is 0.335 e. The molecule has 1 fully saturated rings. The van der Waals surface area contributed by atoms with E-state index >= 15 is 0 Å². The molecule has 1 saturated heterocycles. The van der Waals surface area contributed by atoms with Gasteiger partial charge in [0.25, 0.3) is 11.8 Å². The molecule has 4 amide bonds. The second-order valence-electron chi connectivity index (χ2n) is 7.94. The Morgan fingerprint density at radius 1 is 0.844 bits per heavy atom. The summed E-state index contributed by atoms with van der Waals surface area (Å²) in [7, 11) is 0. The lowest BCUT2D eigenvalue weighted by atomic mass is 10.1. The maximum atomic E-state index is 13.3. The van der Waals surface area contributed by atoms with Gasteiger partial charge in [0.15, 0.2) is 0 Å². The molecule has 6 nitrogen and oxygen atoms in total. The fraction of sp³-hybridized carbons (Fsp3) is 0.160. The maximum absolute atomic E-state index is 13.3. The number of imide groups is 2. The van der Waals surface area contributed by atoms with Crippen molar-refractivity contribution in [3.63, 3.8) is 0 Å². The van der Waals surface area contributed by atoms with Crippen LogP contribution in [0.5, 0.6) is 0 Å². The van der Waals surface area contributed by atoms with Crippen LogP contribution in [0.4, 0.5) is 14.9 Å². The second kappa shape index (κ2) is 7.92. The summed E-state index contributed by atoms with van der Waals surface area (Å²) in [6.07, 6.45) is 1.49. The van der Waals surface area contributed by atoms with Crippen molar-refractivity contribution in [3.05, 3.63) is 88.0 Å². The number of amides is 4. The van der Waals surface area contributed by atoms with Crippen LogP contribution in [-0.4, -0.2) is 22.4 Å². The van der Waals surface area contributed by atoms with Crippen molar-refractivity contribution in [2.45, 2.75) is 27.7 Å². The minimum absolute atomic E-state index is 0.172. The molecule has 0 saturated carbocycles. The number of nitrogens with one attached hydrogen (secondary N) is 1. The molecule has 1 aliphatic heterocycles. The van der Waals surface area contributed by atoms with Crippen LogP contribution in [0.15, 0.2) is 54.1 Å². The molecule has 0 aliphatic carbocycles. The van der Waals surface area contributed by atoms with Crippen LogP contribution >= 0.6 is 0 Å². The van der Waals surface area contributed by atoms with Gasteiger partial charge in [-0.2, -0.15) is 0 Å². The quantitative estimate of drug-likeness (QED) is 0.490. The lowest BCUT2D eigenvalue weighted by molar-refractivity contribution is -0.122. The van der Waals surface area contributed by atoms with E-state index in [0.29, 0.717) is 5.56 Å². The molecule has 162 valence electrons. The number of halogens is 1. The van der Waals surface area contributed by atoms with E-state index in [1.807, 2.05) is 33.8 Å². The molecule has 0 atom stereocenters. The molecule has 32 heavy (non-hydrogen) atoms. The Morgan fingerprint density at radius 3 is 2.09 bits per heavy atom. The third-order valence-corrected chi connectivity index (χ3v) is 5.42. The highest BCUT2D eigenvalue weighted by molar-refractivity contribution is 6.39. The van der Waals surface area contributed by atoms with Crippen molar-refractivity contribution in [1.29, 1.82) is 0 Å². The van der Waals surface area contributed by atoms with E-state index in [4.69, 9.17) is 0 Å². The predicted molar refractivity (Wildman–Crippen MR) is 120 cm³/mol. The summed E-state index contributed by atoms with van der Waals surface area (Å²) in [5.74, 6) is -2.03. The van der Waals surface area contributed by atoms with Crippen LogP contribution in [0.3, 0.4) is 0 Å². The van der Waals surface area contributed by atoms with Gasteiger partial charge in [-0.15, -0.1) is 0 Å². The van der Waals surface area contributed by atoms with Crippen LogP contribution in [0.1, 0.15) is 28.1 Å². The van der Waals surface area contributed by atoms with Gasteiger partial charge in [-0.25, -0.2) is 14.1 Å². The van der Waals surface area contributed by atoms with Gasteiger partial charge < -0.3 is 4.57 Å². The van der Waals surface area contributed by atoms with Crippen molar-refractivity contribution in [2.75, 3.05) is 4.90 Å². The summed E-state index contributed by atoms with van der Waals surface area (Å²) in [4.78, 5) is 38.7. The van der Waals surface area contributed by atoms with Gasteiger partial charge in [0.1, 0.15) is 11.4 Å². The number of carbonyl (C=O) groups excluding carboxylic acids is 3. The molecule has 0 radical (unpaired) electrons. The monoisotopic (exact) mass is 431 g/mol. The number of urea groups is 1. The summed E-state index contributed by atoms with van der Waals surface area (Å²) >= 11 is 0. The Hall–Kier alpha value is -4.00. The zero-order chi connectivity index (χ0) is 23.2. The Labute approximate surface area is 185 Å². The molecule has 0 bridgehead atoms. The number of rotatable bonds is 3. The van der Waals surface area contributed by atoms with Gasteiger partial charge in [-0.05, 0) is 92.9 Å². The minimum Gasteiger partial charge on any atom is -0.318 e. The van der Waals surface area contributed by atoms with E-state index in [9.17, 15) is 18.8 Å². The first kappa shape index (κ1) is 21.2. The SMILES string of the molecule is Cc1cc(C)cc(-n2c(C)cc(/C=C3\C(=O)NC(=O)N(c4ccc(F)cc4)C3=O)c2C)c1. The smallest absolute Gasteiger partial charge is 0.318 e. The zero-order valence-electron chi connectivity index (χ0n) is 18.2. The lowest BCUT2D eigenvalue weighted by Crippen LogP contribution is -2.54. The standard InChI is InChI=1S/C25H22FN3O3/c1-14-9-15(2)11-21(10-14)28-16(3)12-18(17(28)4)13-22-23(30)27-25(32)29(24(22)31)20-7-5-19(26)6-8-20/h5-13H,1-4H3,(H,27,30,32)/b22-13+. The van der Waals surface area contributed by atoms with Gasteiger partial charge in [-0.1, -0.05) is 6.07 Å². The largest absolute Gasteiger partial charge is 0.335 e. The van der Waals surface area contributed by atoms with E-state index in [-0.39, 0.29) is 11.3 Å². The third kappa shape index (κ3) is 3.73. The molecule has 0 spiro atoms. The van der Waals surface area contributed by atoms with Crippen LogP contribution < -0.4 is 10.2 Å². The van der Waals surface area contributed by atoms with E-state index < -0.39 is 23.7 Å². The van der Waals surface area contributed by atoms with Crippen molar-refractivity contribution in [2.24, 2.45) is 0 Å². The summed E-state index contributed by atoms with van der Waals surface area (Å²) in [6, 6.07) is 12.2. The molecular weight excluding hydrogens is 409 g/mol. The number of hydrogen-bond acceptors (Lipinski definition) is 3. The summed E-state index contributed by atoms with van der Waals surface area (Å²) in [5, 5.41) is 2.19. The number of anilines is 1. The van der Waals surface area contributed by atoms with Crippen LogP contribution in [0.2, 0.25) is 0 Å². The Balaban J connectivity index is 1.77. The van der Waals surface area contributed by atoms with Gasteiger partial charge in [0.05, 0.1) is 5.69 Å². The van der Waals surface area contributed by atoms with Crippen molar-refractivity contribution >= 4 is 29.6 Å². The normalized spacial score (nSPS) is 15.5. The summed E-state index contributed by atoms with van der Waals surface area (Å²) < 4.78 is 15.3. The molecule has 3 aromatic rings. The molecule has 7 heteroatoms. The fourth-order valence-electron chi connectivity index (χ4n) is 4.05. The van der Waals surface area contributed by atoms with E-state index in [0.717, 1.165) is 45.2 Å². The number of barbiturate groups is 1. The van der Waals surface area contributed by atoms with Crippen molar-refractivity contribution < 1.29 is 18.8 Å². The Kier molecular flexibility index (Phi) is 5.26. The number of aryl methyl sites for hydroxylation is 3. The summed E-state index contributed by atoms with van der Waals surface area (Å²) in [6.45, 7) is 7.91. The van der Waals surface area contributed by atoms with E-state index in [1.54, 1.807) is 0 Å². The highest BCUT2D eigenvalue weighted by atomic mass is 19.1. The van der Waals surface area contributed by atoms with Crippen LogP contribution in [-0.2, 0) is 9.59 Å². The highest BCUT2D eigenvalue weighted by Gasteiger charge is 2.37. The van der Waals surface area contributed by atoms with Gasteiger partial charge in [0.2, 0.25) is 0 Å². The molecule has 2 heterocycles. The first-order valence-corrected chi connectivity index (χ1v) is 10.1. The summed E-state index contributed by atoms with van der Waals surface area (Å²) in [5.41, 5.74) is 5.73. The van der Waals surface area contributed by atoms with Gasteiger partial charge in [-0.3, -0.25) is 14.9 Å².